The van der Waals surface area contributed by atoms with Crippen LogP contribution in [0, 0.1) is 0 Å². The van der Waals surface area contributed by atoms with Crippen molar-refractivity contribution in [2.75, 3.05) is 18.5 Å². The average Bonchev–Trinajstić information content (AvgIpc) is 3.26. The minimum atomic E-state index is -0.454. The molecule has 1 aromatic carbocycles. The molecule has 0 bridgehead atoms. The summed E-state index contributed by atoms with van der Waals surface area (Å²) in [5, 5.41) is 4.04. The van der Waals surface area contributed by atoms with E-state index in [4.69, 9.17) is 13.9 Å². The molecule has 1 N–H and O–H groups in total. The molecule has 7 nitrogen and oxygen atoms in total. The lowest BCUT2D eigenvalue weighted by Crippen LogP contribution is -2.21. The Hall–Kier alpha value is -3.13. The first-order valence-corrected chi connectivity index (χ1v) is 10.1. The van der Waals surface area contributed by atoms with Gasteiger partial charge in [0, 0.05) is 22.4 Å². The molecule has 0 aliphatic heterocycles. The van der Waals surface area contributed by atoms with E-state index in [1.807, 2.05) is 0 Å². The Kier molecular flexibility index (Phi) is 5.35. The summed E-state index contributed by atoms with van der Waals surface area (Å²) in [5.41, 5.74) is 1.37. The van der Waals surface area contributed by atoms with E-state index in [0.717, 1.165) is 35.1 Å². The Labute approximate surface area is 170 Å². The van der Waals surface area contributed by atoms with E-state index in [1.165, 1.54) is 17.4 Å². The molecule has 8 heteroatoms. The zero-order valence-electron chi connectivity index (χ0n) is 15.8. The van der Waals surface area contributed by atoms with Gasteiger partial charge >= 0.3 is 11.6 Å². The lowest BCUT2D eigenvalue weighted by Gasteiger charge is -2.09. The molecular weight excluding hydrogens is 394 g/mol. The molecule has 1 aliphatic rings. The van der Waals surface area contributed by atoms with Crippen LogP contribution in [0.4, 0.5) is 5.00 Å². The third kappa shape index (κ3) is 4.02. The maximum absolute atomic E-state index is 12.4. The van der Waals surface area contributed by atoms with Crippen LogP contribution in [-0.2, 0) is 22.4 Å². The smallest absolute Gasteiger partial charge is 0.341 e. The van der Waals surface area contributed by atoms with Gasteiger partial charge in [0.15, 0.2) is 6.61 Å². The second kappa shape index (κ2) is 8.08. The van der Waals surface area contributed by atoms with E-state index >= 15 is 0 Å². The first-order chi connectivity index (χ1) is 14.0. The summed E-state index contributed by atoms with van der Waals surface area (Å²) in [7, 11) is 0. The molecule has 29 heavy (non-hydrogen) atoms. The predicted octanol–water partition coefficient (Wildman–Crippen LogP) is 3.54. The number of hydrogen-bond donors (Lipinski definition) is 1. The van der Waals surface area contributed by atoms with Gasteiger partial charge in [0.2, 0.25) is 0 Å². The van der Waals surface area contributed by atoms with Crippen molar-refractivity contribution in [3.05, 3.63) is 56.8 Å². The molecule has 150 valence electrons. The molecule has 0 atom stereocenters. The maximum atomic E-state index is 12.4. The van der Waals surface area contributed by atoms with Gasteiger partial charge in [-0.1, -0.05) is 0 Å². The first-order valence-electron chi connectivity index (χ1n) is 9.33. The summed E-state index contributed by atoms with van der Waals surface area (Å²) in [6.45, 7) is 1.79. The monoisotopic (exact) mass is 413 g/mol. The van der Waals surface area contributed by atoms with Crippen molar-refractivity contribution >= 4 is 39.2 Å². The summed E-state index contributed by atoms with van der Waals surface area (Å²) in [6.07, 6.45) is 2.72. The number of fused-ring (bicyclic) bond motifs is 2. The van der Waals surface area contributed by atoms with Crippen molar-refractivity contribution in [3.8, 4) is 5.75 Å². The first kappa shape index (κ1) is 19.2. The number of aryl methyl sites for hydroxylation is 1. The van der Waals surface area contributed by atoms with Gasteiger partial charge in [-0.15, -0.1) is 11.3 Å². The highest BCUT2D eigenvalue weighted by atomic mass is 32.1. The Bertz CT molecular complexity index is 1150. The summed E-state index contributed by atoms with van der Waals surface area (Å²) >= 11 is 1.42. The topological polar surface area (TPSA) is 94.8 Å². The van der Waals surface area contributed by atoms with Gasteiger partial charge in [0.25, 0.3) is 5.91 Å². The van der Waals surface area contributed by atoms with E-state index in [2.05, 4.69) is 5.32 Å². The van der Waals surface area contributed by atoms with Crippen molar-refractivity contribution in [3.63, 3.8) is 0 Å². The highest BCUT2D eigenvalue weighted by molar-refractivity contribution is 7.17. The molecule has 2 aromatic heterocycles. The number of carbonyl (C=O) groups excluding carboxylic acids is 2. The van der Waals surface area contributed by atoms with Crippen molar-refractivity contribution in [1.82, 2.24) is 0 Å². The number of esters is 1. The molecular formula is C21H19NO6S. The Morgan fingerprint density at radius 3 is 2.86 bits per heavy atom. The second-order valence-corrected chi connectivity index (χ2v) is 7.68. The summed E-state index contributed by atoms with van der Waals surface area (Å²) in [5.74, 6) is -0.390. The molecule has 2 heterocycles. The minimum absolute atomic E-state index is 0.243. The Morgan fingerprint density at radius 1 is 1.21 bits per heavy atom. The lowest BCUT2D eigenvalue weighted by molar-refractivity contribution is -0.118. The van der Waals surface area contributed by atoms with E-state index in [-0.39, 0.29) is 19.1 Å². The summed E-state index contributed by atoms with van der Waals surface area (Å²) in [6, 6.07) is 8.00. The van der Waals surface area contributed by atoms with Crippen molar-refractivity contribution in [1.29, 1.82) is 0 Å². The van der Waals surface area contributed by atoms with Crippen LogP contribution in [0.3, 0.4) is 0 Å². The molecule has 1 amide bonds. The largest absolute Gasteiger partial charge is 0.484 e. The van der Waals surface area contributed by atoms with Crippen LogP contribution in [0.2, 0.25) is 0 Å². The number of benzene rings is 1. The molecule has 0 radical (unpaired) electrons. The lowest BCUT2D eigenvalue weighted by atomic mass is 10.1. The maximum Gasteiger partial charge on any atom is 0.341 e. The van der Waals surface area contributed by atoms with Gasteiger partial charge in [-0.25, -0.2) is 9.59 Å². The molecule has 3 aromatic rings. The normalized spacial score (nSPS) is 12.6. The molecule has 0 saturated heterocycles. The van der Waals surface area contributed by atoms with Gasteiger partial charge < -0.3 is 19.2 Å². The number of nitrogens with one attached hydrogen (secondary N) is 1. The zero-order valence-corrected chi connectivity index (χ0v) is 16.6. The fraction of sp³-hybridized carbons (Fsp3) is 0.286. The molecule has 0 fully saturated rings. The average molecular weight is 413 g/mol. The fourth-order valence-corrected chi connectivity index (χ4v) is 4.65. The van der Waals surface area contributed by atoms with Crippen LogP contribution in [0.15, 0.2) is 39.5 Å². The fourth-order valence-electron chi connectivity index (χ4n) is 3.35. The Morgan fingerprint density at radius 2 is 2.03 bits per heavy atom. The van der Waals surface area contributed by atoms with Gasteiger partial charge in [0.05, 0.1) is 12.2 Å². The number of anilines is 1. The third-order valence-electron chi connectivity index (χ3n) is 4.62. The molecule has 4 rings (SSSR count). The second-order valence-electron chi connectivity index (χ2n) is 6.57. The van der Waals surface area contributed by atoms with E-state index in [9.17, 15) is 14.4 Å². The summed E-state index contributed by atoms with van der Waals surface area (Å²) < 4.78 is 15.8. The quantitative estimate of drug-likeness (QED) is 0.491. The standard InChI is InChI=1S/C21H19NO6S/c1-2-26-21(25)19-14-4-3-5-16(14)29-20(19)22-17(23)11-27-13-8-6-12-7-9-18(24)28-15(12)10-13/h6-10H,2-5,11H2,1H3,(H,22,23). The predicted molar refractivity (Wildman–Crippen MR) is 109 cm³/mol. The van der Waals surface area contributed by atoms with E-state index in [0.29, 0.717) is 21.9 Å². The Balaban J connectivity index is 1.46. The van der Waals surface area contributed by atoms with E-state index < -0.39 is 11.6 Å². The van der Waals surface area contributed by atoms with Crippen molar-refractivity contribution in [2.45, 2.75) is 26.2 Å². The van der Waals surface area contributed by atoms with E-state index in [1.54, 1.807) is 31.2 Å². The minimum Gasteiger partial charge on any atom is -0.484 e. The number of carbonyl (C=O) groups is 2. The molecule has 0 spiro atoms. The SMILES string of the molecule is CCOC(=O)c1c(NC(=O)COc2ccc3ccc(=O)oc3c2)sc2c1CCC2. The van der Waals surface area contributed by atoms with Crippen LogP contribution in [0.25, 0.3) is 11.0 Å². The molecule has 1 aliphatic carbocycles. The number of thiophene rings is 1. The highest BCUT2D eigenvalue weighted by Crippen LogP contribution is 2.39. The summed E-state index contributed by atoms with van der Waals surface area (Å²) in [4.78, 5) is 37.2. The number of amides is 1. The van der Waals surface area contributed by atoms with Gasteiger partial charge in [-0.2, -0.15) is 0 Å². The van der Waals surface area contributed by atoms with Crippen molar-refractivity contribution < 1.29 is 23.5 Å². The molecule has 0 unspecified atom stereocenters. The third-order valence-corrected chi connectivity index (χ3v) is 5.83. The van der Waals surface area contributed by atoms with Crippen LogP contribution in [-0.4, -0.2) is 25.1 Å². The zero-order chi connectivity index (χ0) is 20.4. The number of hydrogen-bond acceptors (Lipinski definition) is 7. The van der Waals surface area contributed by atoms with Crippen LogP contribution in [0.1, 0.15) is 34.1 Å². The number of ether oxygens (including phenoxy) is 2. The van der Waals surface area contributed by atoms with Gasteiger partial charge in [0.1, 0.15) is 16.3 Å². The van der Waals surface area contributed by atoms with Gasteiger partial charge in [-0.05, 0) is 49.9 Å². The molecule has 0 saturated carbocycles. The van der Waals surface area contributed by atoms with Crippen LogP contribution >= 0.6 is 11.3 Å². The highest BCUT2D eigenvalue weighted by Gasteiger charge is 2.28. The van der Waals surface area contributed by atoms with Crippen molar-refractivity contribution in [2.24, 2.45) is 0 Å². The van der Waals surface area contributed by atoms with Crippen LogP contribution in [0.5, 0.6) is 5.75 Å². The number of rotatable bonds is 6. The van der Waals surface area contributed by atoms with Gasteiger partial charge in [-0.3, -0.25) is 4.79 Å². The van der Waals surface area contributed by atoms with Crippen LogP contribution < -0.4 is 15.7 Å².